The lowest BCUT2D eigenvalue weighted by Gasteiger charge is -2.05. The number of hydrogen-bond donors (Lipinski definition) is 0. The van der Waals surface area contributed by atoms with Crippen LogP contribution in [-0.4, -0.2) is 17.9 Å². The Morgan fingerprint density at radius 2 is 2.00 bits per heavy atom. The molecule has 0 saturated heterocycles. The maximum atomic E-state index is 12.2. The number of methoxy groups -OCH3 is 1. The molecular weight excluding hydrogens is 273 g/mol. The Morgan fingerprint density at radius 1 is 1.22 bits per heavy atom. The quantitative estimate of drug-likeness (QED) is 0.807. The number of carbonyl (C=O) groups is 1. The Balaban J connectivity index is 2.44. The van der Waals surface area contributed by atoms with Gasteiger partial charge in [-0.15, -0.1) is 0 Å². The molecule has 92 valence electrons. The highest BCUT2D eigenvalue weighted by atomic mass is 35.5. The highest BCUT2D eigenvalue weighted by Crippen LogP contribution is 2.24. The summed E-state index contributed by atoms with van der Waals surface area (Å²) in [6.07, 6.45) is 2.98. The summed E-state index contributed by atoms with van der Waals surface area (Å²) in [6, 6.07) is 6.35. The van der Waals surface area contributed by atoms with Gasteiger partial charge in [0.15, 0.2) is 5.78 Å². The van der Waals surface area contributed by atoms with E-state index in [2.05, 4.69) is 4.98 Å². The molecule has 0 spiro atoms. The van der Waals surface area contributed by atoms with Crippen LogP contribution in [0.1, 0.15) is 15.9 Å². The van der Waals surface area contributed by atoms with Gasteiger partial charge in [0, 0.05) is 22.3 Å². The van der Waals surface area contributed by atoms with Crippen LogP contribution in [0.15, 0.2) is 36.7 Å². The van der Waals surface area contributed by atoms with Gasteiger partial charge < -0.3 is 4.74 Å². The highest BCUT2D eigenvalue weighted by Gasteiger charge is 2.14. The summed E-state index contributed by atoms with van der Waals surface area (Å²) in [7, 11) is 1.51. The highest BCUT2D eigenvalue weighted by molar-refractivity contribution is 6.36. The normalized spacial score (nSPS) is 10.2. The molecule has 2 aromatic rings. The zero-order valence-electron chi connectivity index (χ0n) is 9.48. The number of nitrogens with zero attached hydrogens (tertiary/aromatic N) is 1. The third-order valence-corrected chi connectivity index (χ3v) is 2.95. The van der Waals surface area contributed by atoms with Crippen LogP contribution in [0.2, 0.25) is 10.0 Å². The first-order valence-electron chi connectivity index (χ1n) is 5.10. The summed E-state index contributed by atoms with van der Waals surface area (Å²) >= 11 is 11.8. The van der Waals surface area contributed by atoms with E-state index in [0.29, 0.717) is 26.9 Å². The Bertz CT molecular complexity index is 599. The van der Waals surface area contributed by atoms with E-state index in [1.165, 1.54) is 25.6 Å². The van der Waals surface area contributed by atoms with Crippen LogP contribution in [0, 0.1) is 0 Å². The molecule has 1 aromatic carbocycles. The fourth-order valence-corrected chi connectivity index (χ4v) is 1.86. The molecule has 0 saturated carbocycles. The van der Waals surface area contributed by atoms with Gasteiger partial charge in [0.2, 0.25) is 0 Å². The molecule has 0 aliphatic heterocycles. The van der Waals surface area contributed by atoms with Crippen molar-refractivity contribution in [3.8, 4) is 5.75 Å². The second-order valence-corrected chi connectivity index (χ2v) is 4.41. The standard InChI is InChI=1S/C13H9Cl2NO2/c1-18-10-4-8(6-16-7-10)13(17)11-5-9(14)2-3-12(11)15/h2-7H,1H3. The van der Waals surface area contributed by atoms with Crippen molar-refractivity contribution in [2.24, 2.45) is 0 Å². The van der Waals surface area contributed by atoms with Crippen LogP contribution in [0.5, 0.6) is 5.75 Å². The molecule has 0 aliphatic rings. The van der Waals surface area contributed by atoms with E-state index in [1.54, 1.807) is 18.2 Å². The molecule has 18 heavy (non-hydrogen) atoms. The lowest BCUT2D eigenvalue weighted by Crippen LogP contribution is -2.03. The molecule has 0 amide bonds. The van der Waals surface area contributed by atoms with Crippen molar-refractivity contribution in [1.29, 1.82) is 0 Å². The third kappa shape index (κ3) is 2.63. The van der Waals surface area contributed by atoms with E-state index in [4.69, 9.17) is 27.9 Å². The van der Waals surface area contributed by atoms with Crippen LogP contribution in [0.3, 0.4) is 0 Å². The minimum absolute atomic E-state index is 0.242. The Hall–Kier alpha value is -1.58. The van der Waals surface area contributed by atoms with Crippen molar-refractivity contribution in [1.82, 2.24) is 4.98 Å². The van der Waals surface area contributed by atoms with Gasteiger partial charge in [-0.05, 0) is 24.3 Å². The zero-order valence-corrected chi connectivity index (χ0v) is 11.0. The SMILES string of the molecule is COc1cncc(C(=O)c2cc(Cl)ccc2Cl)c1. The molecular formula is C13H9Cl2NO2. The summed E-state index contributed by atoms with van der Waals surface area (Å²) in [5.74, 6) is 0.271. The van der Waals surface area contributed by atoms with E-state index in [1.807, 2.05) is 0 Å². The minimum atomic E-state index is -0.242. The summed E-state index contributed by atoms with van der Waals surface area (Å²) in [5, 5.41) is 0.811. The van der Waals surface area contributed by atoms with E-state index in [-0.39, 0.29) is 5.78 Å². The molecule has 0 N–H and O–H groups in total. The zero-order chi connectivity index (χ0) is 13.1. The number of pyridine rings is 1. The number of hydrogen-bond acceptors (Lipinski definition) is 3. The average molecular weight is 282 g/mol. The van der Waals surface area contributed by atoms with E-state index < -0.39 is 0 Å². The molecule has 3 nitrogen and oxygen atoms in total. The number of rotatable bonds is 3. The van der Waals surface area contributed by atoms with Gasteiger partial charge in [-0.2, -0.15) is 0 Å². The number of ether oxygens (including phenoxy) is 1. The number of ketones is 1. The second kappa shape index (κ2) is 5.38. The van der Waals surface area contributed by atoms with Crippen molar-refractivity contribution >= 4 is 29.0 Å². The third-order valence-electron chi connectivity index (χ3n) is 2.38. The van der Waals surface area contributed by atoms with E-state index in [9.17, 15) is 4.79 Å². The monoisotopic (exact) mass is 281 g/mol. The van der Waals surface area contributed by atoms with Gasteiger partial charge in [-0.3, -0.25) is 9.78 Å². The maximum absolute atomic E-state index is 12.2. The molecule has 2 rings (SSSR count). The van der Waals surface area contributed by atoms with Crippen molar-refractivity contribution in [3.63, 3.8) is 0 Å². The molecule has 0 fully saturated rings. The maximum Gasteiger partial charge on any atom is 0.196 e. The molecule has 1 aromatic heterocycles. The van der Waals surface area contributed by atoms with Gasteiger partial charge in [-0.1, -0.05) is 23.2 Å². The Kier molecular flexibility index (Phi) is 3.84. The van der Waals surface area contributed by atoms with Gasteiger partial charge in [0.05, 0.1) is 18.3 Å². The number of carbonyl (C=O) groups excluding carboxylic acids is 1. The lowest BCUT2D eigenvalue weighted by atomic mass is 10.1. The topological polar surface area (TPSA) is 39.2 Å². The van der Waals surface area contributed by atoms with Crippen LogP contribution in [-0.2, 0) is 0 Å². The Morgan fingerprint density at radius 3 is 2.72 bits per heavy atom. The van der Waals surface area contributed by atoms with Crippen LogP contribution in [0.25, 0.3) is 0 Å². The summed E-state index contributed by atoms with van der Waals surface area (Å²) in [4.78, 5) is 16.2. The molecule has 0 atom stereocenters. The number of halogens is 2. The molecule has 0 bridgehead atoms. The molecule has 0 aliphatic carbocycles. The second-order valence-electron chi connectivity index (χ2n) is 3.57. The first-order valence-corrected chi connectivity index (χ1v) is 5.86. The first kappa shape index (κ1) is 12.9. The van der Waals surface area contributed by atoms with E-state index in [0.717, 1.165) is 0 Å². The predicted molar refractivity (Wildman–Crippen MR) is 70.7 cm³/mol. The van der Waals surface area contributed by atoms with Gasteiger partial charge in [0.25, 0.3) is 0 Å². The number of aromatic nitrogens is 1. The van der Waals surface area contributed by atoms with Crippen molar-refractivity contribution in [2.75, 3.05) is 7.11 Å². The number of benzene rings is 1. The molecule has 1 heterocycles. The fraction of sp³-hybridized carbons (Fsp3) is 0.0769. The Labute approximate surface area is 114 Å². The smallest absolute Gasteiger partial charge is 0.196 e. The first-order chi connectivity index (χ1) is 8.61. The van der Waals surface area contributed by atoms with Crippen LogP contribution < -0.4 is 4.74 Å². The van der Waals surface area contributed by atoms with Gasteiger partial charge in [-0.25, -0.2) is 0 Å². The summed E-state index contributed by atoms with van der Waals surface area (Å²) < 4.78 is 5.02. The van der Waals surface area contributed by atoms with Crippen molar-refractivity contribution < 1.29 is 9.53 Å². The van der Waals surface area contributed by atoms with Crippen molar-refractivity contribution in [3.05, 3.63) is 57.8 Å². The van der Waals surface area contributed by atoms with Gasteiger partial charge >= 0.3 is 0 Å². The minimum Gasteiger partial charge on any atom is -0.495 e. The van der Waals surface area contributed by atoms with Gasteiger partial charge in [0.1, 0.15) is 5.75 Å². The molecule has 0 unspecified atom stereocenters. The predicted octanol–water partition coefficient (Wildman–Crippen LogP) is 3.63. The average Bonchev–Trinajstić information content (AvgIpc) is 2.41. The fourth-order valence-electron chi connectivity index (χ4n) is 1.48. The molecule has 5 heteroatoms. The van der Waals surface area contributed by atoms with E-state index >= 15 is 0 Å². The summed E-state index contributed by atoms with van der Waals surface area (Å²) in [6.45, 7) is 0. The lowest BCUT2D eigenvalue weighted by molar-refractivity contribution is 0.103. The van der Waals surface area contributed by atoms with Crippen LogP contribution >= 0.6 is 23.2 Å². The van der Waals surface area contributed by atoms with Crippen LogP contribution in [0.4, 0.5) is 0 Å². The largest absolute Gasteiger partial charge is 0.495 e. The van der Waals surface area contributed by atoms with Crippen molar-refractivity contribution in [2.45, 2.75) is 0 Å². The summed E-state index contributed by atoms with van der Waals surface area (Å²) in [5.41, 5.74) is 0.748. The molecule has 0 radical (unpaired) electrons.